The Balaban J connectivity index is 1.61. The van der Waals surface area contributed by atoms with Crippen LogP contribution < -0.4 is 10.6 Å². The standard InChI is InChI=1S/C17H18N2O5/c20-13-8-12(16(22)18-13)7-9-1-3-11(4-2-9)15(21)19-14(17(23)24)10-5-6-10/h1-4,10,12,14H,5-8H2,(H,19,21)(H,23,24)(H,18,20,22). The van der Waals surface area contributed by atoms with Crippen molar-refractivity contribution in [3.8, 4) is 0 Å². The first-order valence-electron chi connectivity index (χ1n) is 7.90. The van der Waals surface area contributed by atoms with Crippen LogP contribution in [0, 0.1) is 11.8 Å². The van der Waals surface area contributed by atoms with Crippen LogP contribution in [0.1, 0.15) is 35.2 Å². The highest BCUT2D eigenvalue weighted by atomic mass is 16.4. The van der Waals surface area contributed by atoms with E-state index in [-0.39, 0.29) is 30.1 Å². The average molecular weight is 330 g/mol. The number of rotatable bonds is 6. The summed E-state index contributed by atoms with van der Waals surface area (Å²) < 4.78 is 0. The zero-order valence-corrected chi connectivity index (χ0v) is 13.0. The highest BCUT2D eigenvalue weighted by molar-refractivity contribution is 6.03. The number of nitrogens with one attached hydrogen (secondary N) is 2. The number of imide groups is 1. The molecule has 3 rings (SSSR count). The summed E-state index contributed by atoms with van der Waals surface area (Å²) in [6.07, 6.45) is 2.25. The summed E-state index contributed by atoms with van der Waals surface area (Å²) in [5, 5.41) is 14.0. The molecule has 1 heterocycles. The molecule has 0 bridgehead atoms. The first-order chi connectivity index (χ1) is 11.4. The van der Waals surface area contributed by atoms with E-state index in [1.165, 1.54) is 0 Å². The maximum Gasteiger partial charge on any atom is 0.326 e. The number of carbonyl (C=O) groups excluding carboxylic acids is 3. The van der Waals surface area contributed by atoms with Crippen molar-refractivity contribution < 1.29 is 24.3 Å². The summed E-state index contributed by atoms with van der Waals surface area (Å²) in [6, 6.07) is 5.80. The van der Waals surface area contributed by atoms with E-state index in [1.807, 2.05) is 0 Å². The Kier molecular flexibility index (Phi) is 4.33. The molecule has 3 amide bonds. The Morgan fingerprint density at radius 2 is 1.88 bits per heavy atom. The molecular formula is C17H18N2O5. The molecule has 0 radical (unpaired) electrons. The normalized spacial score (nSPS) is 21.2. The van der Waals surface area contributed by atoms with Gasteiger partial charge in [-0.1, -0.05) is 12.1 Å². The van der Waals surface area contributed by atoms with Crippen molar-refractivity contribution in [2.45, 2.75) is 31.7 Å². The van der Waals surface area contributed by atoms with Gasteiger partial charge in [0.15, 0.2) is 0 Å². The SMILES string of the molecule is O=C1CC(Cc2ccc(C(=O)NC(C(=O)O)C3CC3)cc2)C(=O)N1. The van der Waals surface area contributed by atoms with Gasteiger partial charge in [0.1, 0.15) is 6.04 Å². The lowest BCUT2D eigenvalue weighted by atomic mass is 9.97. The molecule has 126 valence electrons. The van der Waals surface area contributed by atoms with E-state index >= 15 is 0 Å². The molecule has 1 aliphatic heterocycles. The van der Waals surface area contributed by atoms with Gasteiger partial charge in [-0.3, -0.25) is 19.7 Å². The van der Waals surface area contributed by atoms with Crippen LogP contribution in [0.25, 0.3) is 0 Å². The van der Waals surface area contributed by atoms with Crippen molar-refractivity contribution in [1.29, 1.82) is 0 Å². The van der Waals surface area contributed by atoms with Gasteiger partial charge in [0, 0.05) is 12.0 Å². The molecule has 0 spiro atoms. The zero-order valence-electron chi connectivity index (χ0n) is 13.0. The monoisotopic (exact) mass is 330 g/mol. The summed E-state index contributed by atoms with van der Waals surface area (Å²) in [5.41, 5.74) is 1.22. The van der Waals surface area contributed by atoms with Crippen LogP contribution in [0.5, 0.6) is 0 Å². The Hall–Kier alpha value is -2.70. The van der Waals surface area contributed by atoms with Crippen molar-refractivity contribution in [2.75, 3.05) is 0 Å². The third-order valence-corrected chi connectivity index (χ3v) is 4.41. The van der Waals surface area contributed by atoms with Gasteiger partial charge in [0.25, 0.3) is 5.91 Å². The van der Waals surface area contributed by atoms with E-state index in [0.717, 1.165) is 18.4 Å². The van der Waals surface area contributed by atoms with Crippen LogP contribution in [0.4, 0.5) is 0 Å². The molecule has 0 aromatic heterocycles. The first kappa shape index (κ1) is 16.2. The van der Waals surface area contributed by atoms with Crippen LogP contribution in [-0.2, 0) is 20.8 Å². The minimum Gasteiger partial charge on any atom is -0.480 e. The van der Waals surface area contributed by atoms with Crippen LogP contribution in [0.2, 0.25) is 0 Å². The Morgan fingerprint density at radius 3 is 2.38 bits per heavy atom. The van der Waals surface area contributed by atoms with Crippen LogP contribution in [0.15, 0.2) is 24.3 Å². The van der Waals surface area contributed by atoms with Gasteiger partial charge < -0.3 is 10.4 Å². The number of carboxylic acid groups (broad SMARTS) is 1. The molecular weight excluding hydrogens is 312 g/mol. The molecule has 2 aliphatic rings. The van der Waals surface area contributed by atoms with E-state index in [4.69, 9.17) is 5.11 Å². The highest BCUT2D eigenvalue weighted by Crippen LogP contribution is 2.32. The second kappa shape index (κ2) is 6.43. The third kappa shape index (κ3) is 3.61. The lowest BCUT2D eigenvalue weighted by Crippen LogP contribution is -2.42. The fourth-order valence-corrected chi connectivity index (χ4v) is 2.88. The van der Waals surface area contributed by atoms with Crippen molar-refractivity contribution in [2.24, 2.45) is 11.8 Å². The van der Waals surface area contributed by atoms with E-state index in [0.29, 0.717) is 12.0 Å². The Morgan fingerprint density at radius 1 is 1.21 bits per heavy atom. The van der Waals surface area contributed by atoms with Gasteiger partial charge in [-0.2, -0.15) is 0 Å². The van der Waals surface area contributed by atoms with Gasteiger partial charge in [-0.05, 0) is 42.9 Å². The molecule has 7 nitrogen and oxygen atoms in total. The largest absolute Gasteiger partial charge is 0.480 e. The lowest BCUT2D eigenvalue weighted by Gasteiger charge is -2.14. The summed E-state index contributed by atoms with van der Waals surface area (Å²) >= 11 is 0. The quantitative estimate of drug-likeness (QED) is 0.657. The van der Waals surface area contributed by atoms with Gasteiger partial charge in [0.05, 0.1) is 5.92 Å². The zero-order chi connectivity index (χ0) is 17.3. The minimum atomic E-state index is -1.01. The molecule has 2 atom stereocenters. The number of aliphatic carboxylic acids is 1. The fourth-order valence-electron chi connectivity index (χ4n) is 2.88. The summed E-state index contributed by atoms with van der Waals surface area (Å²) in [4.78, 5) is 46.1. The van der Waals surface area contributed by atoms with Gasteiger partial charge >= 0.3 is 5.97 Å². The number of benzene rings is 1. The van der Waals surface area contributed by atoms with Crippen LogP contribution in [0.3, 0.4) is 0 Å². The van der Waals surface area contributed by atoms with Crippen molar-refractivity contribution in [3.05, 3.63) is 35.4 Å². The molecule has 24 heavy (non-hydrogen) atoms. The molecule has 2 fully saturated rings. The topological polar surface area (TPSA) is 113 Å². The summed E-state index contributed by atoms with van der Waals surface area (Å²) in [6.45, 7) is 0. The number of carboxylic acids is 1. The Bertz CT molecular complexity index is 693. The first-order valence-corrected chi connectivity index (χ1v) is 7.90. The second-order valence-electron chi connectivity index (χ2n) is 6.34. The maximum atomic E-state index is 12.2. The van der Waals surface area contributed by atoms with E-state index in [2.05, 4.69) is 10.6 Å². The summed E-state index contributed by atoms with van der Waals surface area (Å²) in [7, 11) is 0. The van der Waals surface area contributed by atoms with Crippen molar-refractivity contribution in [3.63, 3.8) is 0 Å². The van der Waals surface area contributed by atoms with Crippen molar-refractivity contribution >= 4 is 23.7 Å². The maximum absolute atomic E-state index is 12.2. The minimum absolute atomic E-state index is 0.0177. The molecule has 3 N–H and O–H groups in total. The molecule has 1 aromatic carbocycles. The molecule has 1 saturated heterocycles. The highest BCUT2D eigenvalue weighted by Gasteiger charge is 2.37. The predicted molar refractivity (Wildman–Crippen MR) is 83.0 cm³/mol. The molecule has 7 heteroatoms. The van der Waals surface area contributed by atoms with Crippen molar-refractivity contribution in [1.82, 2.24) is 10.6 Å². The summed E-state index contributed by atoms with van der Waals surface area (Å²) in [5.74, 6) is -2.32. The molecule has 1 aromatic rings. The lowest BCUT2D eigenvalue weighted by molar-refractivity contribution is -0.139. The van der Waals surface area contributed by atoms with Crippen LogP contribution in [-0.4, -0.2) is 34.8 Å². The molecule has 1 saturated carbocycles. The number of hydrogen-bond acceptors (Lipinski definition) is 4. The van der Waals surface area contributed by atoms with E-state index < -0.39 is 17.9 Å². The predicted octanol–water partition coefficient (Wildman–Crippen LogP) is 0.485. The second-order valence-corrected chi connectivity index (χ2v) is 6.34. The van der Waals surface area contributed by atoms with Gasteiger partial charge in [0.2, 0.25) is 11.8 Å². The average Bonchev–Trinajstić information content (AvgIpc) is 3.31. The fraction of sp³-hybridized carbons (Fsp3) is 0.412. The van der Waals surface area contributed by atoms with Crippen LogP contribution >= 0.6 is 0 Å². The van der Waals surface area contributed by atoms with Gasteiger partial charge in [-0.25, -0.2) is 4.79 Å². The number of amides is 3. The number of hydrogen-bond donors (Lipinski definition) is 3. The smallest absolute Gasteiger partial charge is 0.326 e. The molecule has 2 unspecified atom stereocenters. The van der Waals surface area contributed by atoms with E-state index in [9.17, 15) is 19.2 Å². The third-order valence-electron chi connectivity index (χ3n) is 4.41. The van der Waals surface area contributed by atoms with Gasteiger partial charge in [-0.15, -0.1) is 0 Å². The Labute approximate surface area is 138 Å². The number of carbonyl (C=O) groups is 4. The van der Waals surface area contributed by atoms with E-state index in [1.54, 1.807) is 24.3 Å². The molecule has 1 aliphatic carbocycles.